The van der Waals surface area contributed by atoms with Gasteiger partial charge in [0.05, 0.1) is 4.92 Å². The van der Waals surface area contributed by atoms with Gasteiger partial charge in [0, 0.05) is 6.92 Å². The lowest BCUT2D eigenvalue weighted by Gasteiger charge is -1.94. The molecule has 0 aromatic carbocycles. The normalized spacial score (nSPS) is 10.8. The van der Waals surface area contributed by atoms with Crippen LogP contribution in [0.2, 0.25) is 0 Å². The third-order valence-electron chi connectivity index (χ3n) is 1.77. The van der Waals surface area contributed by atoms with E-state index < -0.39 is 7.25 Å². The van der Waals surface area contributed by atoms with Gasteiger partial charge in [0.1, 0.15) is 11.5 Å². The zero-order valence-corrected chi connectivity index (χ0v) is 10.2. The van der Waals surface area contributed by atoms with Gasteiger partial charge in [-0.15, -0.1) is 3.96 Å². The summed E-state index contributed by atoms with van der Waals surface area (Å²) < 4.78 is 40.9. The highest BCUT2D eigenvalue weighted by Gasteiger charge is 2.28. The molecule has 0 aliphatic rings. The first-order valence-electron chi connectivity index (χ1n) is 4.60. The highest BCUT2D eigenvalue weighted by molar-refractivity contribution is 7.02. The molecule has 0 aliphatic heterocycles. The topological polar surface area (TPSA) is 47.0 Å². The molecular weight excluding hydrogens is 263 g/mol. The van der Waals surface area contributed by atoms with E-state index in [1.807, 2.05) is 10.9 Å². The van der Waals surface area contributed by atoms with Crippen LogP contribution in [0, 0.1) is 24.0 Å². The van der Waals surface area contributed by atoms with Gasteiger partial charge in [0.2, 0.25) is 0 Å². The fourth-order valence-electron chi connectivity index (χ4n) is 1.21. The molecule has 0 spiro atoms. The molecule has 1 aromatic rings. The lowest BCUT2D eigenvalue weighted by molar-refractivity contribution is -0.634. The molecule has 1 aromatic heterocycles. The second kappa shape index (κ2) is 5.94. The van der Waals surface area contributed by atoms with E-state index in [4.69, 9.17) is 0 Å². The predicted octanol–water partition coefficient (Wildman–Crippen LogP) is 2.88. The average Bonchev–Trinajstić information content (AvgIpc) is 2.38. The Morgan fingerprint density at radius 2 is 1.76 bits per heavy atom. The van der Waals surface area contributed by atoms with Crippen LogP contribution < -0.4 is 3.96 Å². The number of hydrogen-bond donors (Lipinski definition) is 0. The first-order valence-corrected chi connectivity index (χ1v) is 5.37. The van der Waals surface area contributed by atoms with Gasteiger partial charge in [0.15, 0.2) is 11.4 Å². The van der Waals surface area contributed by atoms with Crippen molar-refractivity contribution in [3.8, 4) is 0 Å². The van der Waals surface area contributed by atoms with Crippen LogP contribution in [0.1, 0.15) is 17.5 Å². The van der Waals surface area contributed by atoms with Crippen molar-refractivity contribution in [1.82, 2.24) is 0 Å². The number of aromatic nitrogens is 1. The second-order valence-electron chi connectivity index (χ2n) is 3.03. The van der Waals surface area contributed by atoms with E-state index in [9.17, 15) is 27.4 Å². The minimum atomic E-state index is -6.00. The van der Waals surface area contributed by atoms with Gasteiger partial charge in [-0.2, -0.15) is 0 Å². The fraction of sp³-hybridized carbons (Fsp3) is 0.571. The molecule has 4 nitrogen and oxygen atoms in total. The summed E-state index contributed by atoms with van der Waals surface area (Å²) in [5.41, 5.74) is 1.02. The summed E-state index contributed by atoms with van der Waals surface area (Å²) in [6.45, 7) is 6.34. The van der Waals surface area contributed by atoms with Gasteiger partial charge >= 0.3 is 12.9 Å². The molecule has 98 valence electrons. The minimum Gasteiger partial charge on any atom is -0.418 e. The molecule has 0 fully saturated rings. The van der Waals surface area contributed by atoms with Gasteiger partial charge in [-0.3, -0.25) is 10.1 Å². The molecule has 0 radical (unpaired) electrons. The van der Waals surface area contributed by atoms with Crippen LogP contribution in [0.4, 0.5) is 23.0 Å². The Bertz CT molecular complexity index is 401. The van der Waals surface area contributed by atoms with Crippen LogP contribution in [0.3, 0.4) is 0 Å². The van der Waals surface area contributed by atoms with Crippen LogP contribution in [0.5, 0.6) is 0 Å². The molecule has 10 heteroatoms. The second-order valence-corrected chi connectivity index (χ2v) is 4.26. The maximum Gasteiger partial charge on any atom is 0.673 e. The van der Waals surface area contributed by atoms with Gasteiger partial charge in [-0.25, -0.2) is 0 Å². The molecule has 0 unspecified atom stereocenters. The number of nitrogens with zero attached hydrogens (tertiary/aromatic N) is 2. The number of halogens is 4. The SMILES string of the molecule is CC[n+]1sc(C)c([N+](=O)[O-])c1C.F[B-](F)(F)F. The molecular formula is C7H11BF4N2O2S. The monoisotopic (exact) mass is 274 g/mol. The highest BCUT2D eigenvalue weighted by atomic mass is 32.1. The zero-order chi connectivity index (χ0) is 13.8. The lowest BCUT2D eigenvalue weighted by atomic mass is 10.3. The first-order chi connectivity index (χ1) is 7.57. The summed E-state index contributed by atoms with van der Waals surface area (Å²) in [5.74, 6) is 0. The Morgan fingerprint density at radius 1 is 1.35 bits per heavy atom. The van der Waals surface area contributed by atoms with Crippen molar-refractivity contribution in [3.63, 3.8) is 0 Å². The van der Waals surface area contributed by atoms with Gasteiger partial charge in [-0.1, -0.05) is 0 Å². The Morgan fingerprint density at radius 3 is 1.94 bits per heavy atom. The molecule has 0 bridgehead atoms. The van der Waals surface area contributed by atoms with Crippen LogP contribution in [0.15, 0.2) is 0 Å². The lowest BCUT2D eigenvalue weighted by Crippen LogP contribution is -2.29. The van der Waals surface area contributed by atoms with E-state index in [1.165, 1.54) is 11.5 Å². The Balaban J connectivity index is 0.000000437. The van der Waals surface area contributed by atoms with Crippen molar-refractivity contribution >= 4 is 24.5 Å². The summed E-state index contributed by atoms with van der Waals surface area (Å²) >= 11 is 1.44. The summed E-state index contributed by atoms with van der Waals surface area (Å²) in [6.07, 6.45) is 0. The van der Waals surface area contributed by atoms with Gasteiger partial charge in [0.25, 0.3) is 5.69 Å². The third-order valence-corrected chi connectivity index (χ3v) is 2.99. The molecule has 17 heavy (non-hydrogen) atoms. The van der Waals surface area contributed by atoms with Crippen LogP contribution >= 0.6 is 11.5 Å². The van der Waals surface area contributed by atoms with E-state index in [0.29, 0.717) is 0 Å². The number of nitro groups is 1. The molecule has 1 heterocycles. The largest absolute Gasteiger partial charge is 0.673 e. The summed E-state index contributed by atoms with van der Waals surface area (Å²) in [6, 6.07) is 0. The Kier molecular flexibility index (Phi) is 5.53. The average molecular weight is 274 g/mol. The van der Waals surface area contributed by atoms with E-state index >= 15 is 0 Å². The smallest absolute Gasteiger partial charge is 0.418 e. The highest BCUT2D eigenvalue weighted by Crippen LogP contribution is 2.23. The third kappa shape index (κ3) is 5.62. The van der Waals surface area contributed by atoms with Crippen LogP contribution in [-0.2, 0) is 6.54 Å². The van der Waals surface area contributed by atoms with E-state index in [-0.39, 0.29) is 10.6 Å². The first kappa shape index (κ1) is 15.8. The molecule has 0 atom stereocenters. The number of aryl methyl sites for hydroxylation is 2. The molecule has 0 amide bonds. The van der Waals surface area contributed by atoms with Crippen LogP contribution in [0.25, 0.3) is 0 Å². The minimum absolute atomic E-state index is 0.266. The van der Waals surface area contributed by atoms with Crippen molar-refractivity contribution in [2.75, 3.05) is 0 Å². The van der Waals surface area contributed by atoms with Crippen molar-refractivity contribution in [1.29, 1.82) is 0 Å². The molecule has 1 rings (SSSR count). The van der Waals surface area contributed by atoms with Gasteiger partial charge < -0.3 is 17.3 Å². The van der Waals surface area contributed by atoms with E-state index in [1.54, 1.807) is 13.8 Å². The van der Waals surface area contributed by atoms with E-state index in [0.717, 1.165) is 17.1 Å². The molecule has 0 aliphatic carbocycles. The van der Waals surface area contributed by atoms with Crippen molar-refractivity contribution in [2.45, 2.75) is 27.3 Å². The number of hydrogen-bond acceptors (Lipinski definition) is 3. The number of rotatable bonds is 2. The van der Waals surface area contributed by atoms with Crippen molar-refractivity contribution in [2.24, 2.45) is 0 Å². The molecule has 0 saturated heterocycles. The summed E-state index contributed by atoms with van der Waals surface area (Å²) in [7, 11) is -6.00. The Hall–Kier alpha value is -1.19. The fourth-order valence-corrected chi connectivity index (χ4v) is 2.20. The summed E-state index contributed by atoms with van der Waals surface area (Å²) in [5, 5.41) is 10.6. The quantitative estimate of drug-likeness (QED) is 0.274. The standard InChI is InChI=1S/C7H11N2O2S.BF4/c1-4-8-5(2)7(9(10)11)6(3)12-8;2-1(3,4)5/h4H2,1-3H3;/q+1;-1. The zero-order valence-electron chi connectivity index (χ0n) is 9.42. The predicted molar refractivity (Wildman–Crippen MR) is 56.5 cm³/mol. The summed E-state index contributed by atoms with van der Waals surface area (Å²) in [4.78, 5) is 11.0. The molecule has 0 N–H and O–H groups in total. The maximum atomic E-state index is 10.6. The van der Waals surface area contributed by atoms with E-state index in [2.05, 4.69) is 0 Å². The van der Waals surface area contributed by atoms with Crippen molar-refractivity contribution < 1.29 is 26.1 Å². The van der Waals surface area contributed by atoms with Crippen LogP contribution in [-0.4, -0.2) is 12.2 Å². The Labute approximate surface area is 99.3 Å². The maximum absolute atomic E-state index is 10.6. The molecule has 0 saturated carbocycles. The van der Waals surface area contributed by atoms with Crippen molar-refractivity contribution in [3.05, 3.63) is 20.7 Å². The van der Waals surface area contributed by atoms with Gasteiger partial charge in [-0.05, 0) is 13.8 Å².